The molecule has 0 N–H and O–H groups in total. The Morgan fingerprint density at radius 2 is 1.33 bits per heavy atom. The van der Waals surface area contributed by atoms with Crippen LogP contribution < -0.4 is 0 Å². The number of carbonyl (C=O) groups excluding carboxylic acids is 2. The second kappa shape index (κ2) is 6.46. The zero-order chi connectivity index (χ0) is 6.95. The first-order valence-electron chi connectivity index (χ1n) is 2.12. The SMILES string of the molecule is O=C=O.c1ccnnc1. The van der Waals surface area contributed by atoms with Crippen molar-refractivity contribution in [3.05, 3.63) is 24.5 Å². The predicted molar refractivity (Wildman–Crippen MR) is 27.0 cm³/mol. The molecule has 9 heavy (non-hydrogen) atoms. The molecule has 0 aliphatic carbocycles. The van der Waals surface area contributed by atoms with Gasteiger partial charge in [0.05, 0.1) is 0 Å². The Morgan fingerprint density at radius 1 is 1.00 bits per heavy atom. The molecule has 1 heterocycles. The lowest BCUT2D eigenvalue weighted by Gasteiger charge is -1.69. The summed E-state index contributed by atoms with van der Waals surface area (Å²) in [4.78, 5) is 16.2. The Morgan fingerprint density at radius 3 is 1.44 bits per heavy atom. The molecule has 0 bridgehead atoms. The standard InChI is InChI=1S/C4H4N2.CO2/c1-2-4-6-5-3-1;2-1-3/h1-4H;. The highest BCUT2D eigenvalue weighted by atomic mass is 16.2. The van der Waals surface area contributed by atoms with Gasteiger partial charge in [0.2, 0.25) is 0 Å². The first-order chi connectivity index (χ1) is 4.41. The number of hydrogen-bond donors (Lipinski definition) is 0. The zero-order valence-electron chi connectivity index (χ0n) is 4.52. The van der Waals surface area contributed by atoms with Crippen LogP contribution >= 0.6 is 0 Å². The van der Waals surface area contributed by atoms with Crippen molar-refractivity contribution in [2.24, 2.45) is 0 Å². The molecule has 0 saturated carbocycles. The van der Waals surface area contributed by atoms with Crippen molar-refractivity contribution in [2.75, 3.05) is 0 Å². The van der Waals surface area contributed by atoms with Gasteiger partial charge in [0, 0.05) is 12.4 Å². The third kappa shape index (κ3) is 6.46. The molecule has 0 aliphatic heterocycles. The van der Waals surface area contributed by atoms with Crippen LogP contribution in [0.25, 0.3) is 0 Å². The highest BCUT2D eigenvalue weighted by molar-refractivity contribution is 5.20. The van der Waals surface area contributed by atoms with Gasteiger partial charge < -0.3 is 0 Å². The molecule has 4 heteroatoms. The first-order valence-corrected chi connectivity index (χ1v) is 2.12. The number of nitrogens with zero attached hydrogens (tertiary/aromatic N) is 2. The molecule has 1 rings (SSSR count). The fraction of sp³-hybridized carbons (Fsp3) is 0. The van der Waals surface area contributed by atoms with Gasteiger partial charge in [-0.15, -0.1) is 0 Å². The van der Waals surface area contributed by atoms with Crippen molar-refractivity contribution in [3.63, 3.8) is 0 Å². The fourth-order valence-corrected chi connectivity index (χ4v) is 0.253. The Kier molecular flexibility index (Phi) is 5.35. The maximum absolute atomic E-state index is 8.12. The summed E-state index contributed by atoms with van der Waals surface area (Å²) in [5.74, 6) is 0. The summed E-state index contributed by atoms with van der Waals surface area (Å²) in [7, 11) is 0. The van der Waals surface area contributed by atoms with E-state index in [0.717, 1.165) is 0 Å². The third-order valence-electron chi connectivity index (χ3n) is 0.483. The summed E-state index contributed by atoms with van der Waals surface area (Å²) < 4.78 is 0. The average Bonchev–Trinajstić information content (AvgIpc) is 1.93. The summed E-state index contributed by atoms with van der Waals surface area (Å²) in [5.41, 5.74) is 0. The molecule has 0 amide bonds. The lowest BCUT2D eigenvalue weighted by atomic mass is 10.6. The van der Waals surface area contributed by atoms with E-state index in [-0.39, 0.29) is 6.15 Å². The number of rotatable bonds is 0. The Balaban J connectivity index is 0.000000187. The monoisotopic (exact) mass is 124 g/mol. The smallest absolute Gasteiger partial charge is 0.186 e. The molecular weight excluding hydrogens is 120 g/mol. The third-order valence-corrected chi connectivity index (χ3v) is 0.483. The van der Waals surface area contributed by atoms with Gasteiger partial charge in [-0.05, 0) is 12.1 Å². The first kappa shape index (κ1) is 7.46. The maximum atomic E-state index is 8.12. The van der Waals surface area contributed by atoms with E-state index in [2.05, 4.69) is 10.2 Å². The van der Waals surface area contributed by atoms with Crippen LogP contribution in [-0.2, 0) is 9.59 Å². The fourth-order valence-electron chi connectivity index (χ4n) is 0.253. The van der Waals surface area contributed by atoms with E-state index in [9.17, 15) is 0 Å². The van der Waals surface area contributed by atoms with Gasteiger partial charge in [0.1, 0.15) is 0 Å². The van der Waals surface area contributed by atoms with E-state index in [0.29, 0.717) is 0 Å². The second-order valence-corrected chi connectivity index (χ2v) is 0.997. The summed E-state index contributed by atoms with van der Waals surface area (Å²) in [6.07, 6.45) is 3.53. The van der Waals surface area contributed by atoms with Crippen LogP contribution in [0.2, 0.25) is 0 Å². The van der Waals surface area contributed by atoms with Gasteiger partial charge >= 0.3 is 6.15 Å². The molecule has 0 saturated heterocycles. The van der Waals surface area contributed by atoms with E-state index < -0.39 is 0 Å². The van der Waals surface area contributed by atoms with Crippen molar-refractivity contribution in [1.82, 2.24) is 10.2 Å². The minimum absolute atomic E-state index is 0.250. The van der Waals surface area contributed by atoms with Gasteiger partial charge in [-0.3, -0.25) is 0 Å². The largest absolute Gasteiger partial charge is 0.373 e. The molecule has 0 unspecified atom stereocenters. The van der Waals surface area contributed by atoms with Crippen molar-refractivity contribution in [1.29, 1.82) is 0 Å². The van der Waals surface area contributed by atoms with Crippen molar-refractivity contribution in [3.8, 4) is 0 Å². The Bertz CT molecular complexity index is 143. The Hall–Kier alpha value is -1.54. The van der Waals surface area contributed by atoms with Gasteiger partial charge in [-0.25, -0.2) is 0 Å². The van der Waals surface area contributed by atoms with Crippen LogP contribution in [0.15, 0.2) is 24.5 Å². The minimum Gasteiger partial charge on any atom is -0.186 e. The van der Waals surface area contributed by atoms with Crippen LogP contribution in [-0.4, -0.2) is 16.3 Å². The van der Waals surface area contributed by atoms with E-state index in [1.54, 1.807) is 12.4 Å². The van der Waals surface area contributed by atoms with E-state index >= 15 is 0 Å². The molecular formula is C5H4N2O2. The summed E-state index contributed by atoms with van der Waals surface area (Å²) in [6.45, 7) is 0. The second-order valence-electron chi connectivity index (χ2n) is 0.997. The number of hydrogen-bond acceptors (Lipinski definition) is 4. The van der Waals surface area contributed by atoms with E-state index in [4.69, 9.17) is 9.59 Å². The highest BCUT2D eigenvalue weighted by Crippen LogP contribution is 1.68. The van der Waals surface area contributed by atoms with Crippen LogP contribution in [0.3, 0.4) is 0 Å². The van der Waals surface area contributed by atoms with E-state index in [1.807, 2.05) is 12.1 Å². The van der Waals surface area contributed by atoms with Crippen LogP contribution in [0.5, 0.6) is 0 Å². The van der Waals surface area contributed by atoms with Crippen LogP contribution in [0.1, 0.15) is 0 Å². The quantitative estimate of drug-likeness (QED) is 0.484. The maximum Gasteiger partial charge on any atom is 0.373 e. The molecule has 0 aromatic carbocycles. The lowest BCUT2D eigenvalue weighted by Crippen LogP contribution is -1.69. The van der Waals surface area contributed by atoms with Crippen LogP contribution in [0, 0.1) is 0 Å². The normalized spacial score (nSPS) is 6.22. The predicted octanol–water partition coefficient (Wildman–Crippen LogP) is -0.107. The molecule has 1 aromatic heterocycles. The van der Waals surface area contributed by atoms with Gasteiger partial charge in [0.15, 0.2) is 0 Å². The van der Waals surface area contributed by atoms with Crippen LogP contribution in [0.4, 0.5) is 0 Å². The van der Waals surface area contributed by atoms with Gasteiger partial charge in [0.25, 0.3) is 0 Å². The van der Waals surface area contributed by atoms with Crippen molar-refractivity contribution in [2.45, 2.75) is 0 Å². The summed E-state index contributed by atoms with van der Waals surface area (Å²) in [6, 6.07) is 3.65. The van der Waals surface area contributed by atoms with Crippen molar-refractivity contribution < 1.29 is 9.59 Å². The zero-order valence-corrected chi connectivity index (χ0v) is 4.52. The molecule has 4 nitrogen and oxygen atoms in total. The molecule has 0 atom stereocenters. The average molecular weight is 124 g/mol. The summed E-state index contributed by atoms with van der Waals surface area (Å²) in [5, 5.41) is 7.07. The molecule has 0 aliphatic rings. The van der Waals surface area contributed by atoms with Gasteiger partial charge in [-0.1, -0.05) is 0 Å². The highest BCUT2D eigenvalue weighted by Gasteiger charge is 1.59. The molecule has 0 spiro atoms. The minimum atomic E-state index is 0.250. The number of aromatic nitrogens is 2. The molecule has 0 fully saturated rings. The lowest BCUT2D eigenvalue weighted by molar-refractivity contribution is -0.191. The molecule has 0 radical (unpaired) electrons. The summed E-state index contributed by atoms with van der Waals surface area (Å²) >= 11 is 0. The van der Waals surface area contributed by atoms with Crippen molar-refractivity contribution >= 4 is 6.15 Å². The van der Waals surface area contributed by atoms with Gasteiger partial charge in [-0.2, -0.15) is 19.8 Å². The van der Waals surface area contributed by atoms with E-state index in [1.165, 1.54) is 0 Å². The molecule has 1 aromatic rings. The topological polar surface area (TPSA) is 59.9 Å². The molecule has 46 valence electrons. The Labute approximate surface area is 51.5 Å².